The van der Waals surface area contributed by atoms with Crippen LogP contribution in [0.1, 0.15) is 323 Å². The van der Waals surface area contributed by atoms with E-state index in [1.165, 1.54) is 186 Å². The lowest BCUT2D eigenvalue weighted by Crippen LogP contribution is -2.61. The van der Waals surface area contributed by atoms with Gasteiger partial charge in [0.15, 0.2) is 12.4 Å². The number of unbranched alkanes of at least 4 members (excludes halogenated alkanes) is 39. The van der Waals surface area contributed by atoms with Crippen molar-refractivity contribution in [3.8, 4) is 0 Å². The second-order valence-electron chi connectivity index (χ2n) is 23.9. The monoisotopic (exact) mass is 1140 g/mol. The van der Waals surface area contributed by atoms with Crippen molar-refractivity contribution in [2.24, 2.45) is 0 Å². The molecule has 8 unspecified atom stereocenters. The Labute approximate surface area is 497 Å². The van der Waals surface area contributed by atoms with E-state index in [1.54, 1.807) is 6.08 Å². The summed E-state index contributed by atoms with van der Waals surface area (Å²) in [5, 5.41) is 57.1. The molecule has 8 atom stereocenters. The number of ether oxygens (including phenoxy) is 3. The first-order valence-electron chi connectivity index (χ1n) is 34.4. The van der Waals surface area contributed by atoms with E-state index >= 15 is 0 Å². The molecule has 0 bridgehead atoms. The van der Waals surface area contributed by atoms with Crippen molar-refractivity contribution in [1.82, 2.24) is 5.32 Å². The Balaban J connectivity index is 2.52. The summed E-state index contributed by atoms with van der Waals surface area (Å²) >= 11 is 0. The highest BCUT2D eigenvalue weighted by Crippen LogP contribution is 2.26. The first-order chi connectivity index (χ1) is 39.7. The summed E-state index contributed by atoms with van der Waals surface area (Å²) in [4.78, 5) is 26.6. The van der Waals surface area contributed by atoms with Crippen molar-refractivity contribution in [3.63, 3.8) is 0 Å². The molecule has 1 aliphatic heterocycles. The molecule has 81 heavy (non-hydrogen) atoms. The first kappa shape index (κ1) is 76.6. The molecule has 11 nitrogen and oxygen atoms in total. The van der Waals surface area contributed by atoms with E-state index in [1.807, 2.05) is 6.08 Å². The van der Waals surface area contributed by atoms with Gasteiger partial charge in [0.1, 0.15) is 24.4 Å². The Morgan fingerprint density at radius 3 is 1.33 bits per heavy atom. The molecule has 1 fully saturated rings. The van der Waals surface area contributed by atoms with E-state index in [4.69, 9.17) is 14.2 Å². The quantitative estimate of drug-likeness (QED) is 0.0195. The van der Waals surface area contributed by atoms with E-state index < -0.39 is 67.4 Å². The summed E-state index contributed by atoms with van der Waals surface area (Å²) in [6, 6.07) is -1.03. The van der Waals surface area contributed by atoms with Crippen molar-refractivity contribution in [2.45, 2.75) is 372 Å². The fraction of sp³-hybridized carbons (Fsp3) is 0.857. The van der Waals surface area contributed by atoms with Gasteiger partial charge in [-0.2, -0.15) is 0 Å². The lowest BCUT2D eigenvalue weighted by molar-refractivity contribution is -0.305. The third-order valence-corrected chi connectivity index (χ3v) is 16.2. The summed E-state index contributed by atoms with van der Waals surface area (Å²) < 4.78 is 17.7. The number of allylic oxidation sites excluding steroid dienone is 7. The van der Waals surface area contributed by atoms with Crippen LogP contribution in [-0.4, -0.2) is 99.6 Å². The average molecular weight is 1140 g/mol. The van der Waals surface area contributed by atoms with Gasteiger partial charge in [-0.3, -0.25) is 9.59 Å². The molecule has 474 valence electrons. The van der Waals surface area contributed by atoms with Crippen molar-refractivity contribution in [3.05, 3.63) is 48.6 Å². The van der Waals surface area contributed by atoms with Gasteiger partial charge in [0, 0.05) is 6.42 Å². The molecule has 1 aliphatic rings. The lowest BCUT2D eigenvalue weighted by Gasteiger charge is -2.41. The molecule has 0 aliphatic carbocycles. The summed E-state index contributed by atoms with van der Waals surface area (Å²) in [5.74, 6) is -1.19. The number of amides is 1. The Kier molecular flexibility index (Phi) is 54.9. The Morgan fingerprint density at radius 1 is 0.494 bits per heavy atom. The van der Waals surface area contributed by atoms with E-state index in [-0.39, 0.29) is 19.4 Å². The molecule has 0 saturated carbocycles. The Morgan fingerprint density at radius 2 is 0.889 bits per heavy atom. The number of rotatable bonds is 59. The van der Waals surface area contributed by atoms with Gasteiger partial charge in [0.2, 0.25) is 5.91 Å². The number of nitrogens with one attached hydrogen (secondary N) is 1. The minimum atomic E-state index is -1.61. The molecule has 1 rings (SSSR count). The average Bonchev–Trinajstić information content (AvgIpc) is 3.50. The predicted octanol–water partition coefficient (Wildman–Crippen LogP) is 17.2. The second-order valence-corrected chi connectivity index (χ2v) is 23.9. The van der Waals surface area contributed by atoms with Gasteiger partial charge in [0.05, 0.1) is 25.4 Å². The zero-order valence-corrected chi connectivity index (χ0v) is 52.7. The normalized spacial score (nSPS) is 18.9. The molecule has 0 spiro atoms. The highest BCUT2D eigenvalue weighted by atomic mass is 16.7. The Bertz CT molecular complexity index is 1500. The van der Waals surface area contributed by atoms with Crippen molar-refractivity contribution in [1.29, 1.82) is 0 Å². The SMILES string of the molecule is CC/C=C/C/C=C/CCCCCCCCC(O)C(=O)NC(COC1OC(CO)C(O)C(O)C1OC(=O)CCCCCCCCCCCCCCCCCCC/C=C/CCCCCCCC)C(O)/C=C/CCCCCCCCCCCC. The van der Waals surface area contributed by atoms with Crippen molar-refractivity contribution >= 4 is 11.9 Å². The second kappa shape index (κ2) is 58.0. The van der Waals surface area contributed by atoms with E-state index in [9.17, 15) is 35.1 Å². The summed E-state index contributed by atoms with van der Waals surface area (Å²) in [6.07, 6.45) is 61.7. The van der Waals surface area contributed by atoms with E-state index in [0.29, 0.717) is 12.8 Å². The highest BCUT2D eigenvalue weighted by molar-refractivity contribution is 5.80. The molecule has 0 aromatic heterocycles. The topological polar surface area (TPSA) is 175 Å². The molecule has 1 saturated heterocycles. The summed E-state index contributed by atoms with van der Waals surface area (Å²) in [7, 11) is 0. The van der Waals surface area contributed by atoms with Gasteiger partial charge < -0.3 is 45.1 Å². The smallest absolute Gasteiger partial charge is 0.306 e. The first-order valence-corrected chi connectivity index (χ1v) is 34.4. The van der Waals surface area contributed by atoms with Crippen LogP contribution in [0.25, 0.3) is 0 Å². The standard InChI is InChI=1S/C70H129NO10/c1-4-7-10-13-16-19-22-25-26-27-28-29-30-31-32-33-34-35-36-37-38-40-43-46-49-52-55-58-65(75)81-68-67(77)66(76)64(59-72)80-70(68)79-60-61(62(73)56-53-50-47-44-41-24-21-18-15-12-9-6-3)71-69(78)63(74)57-54-51-48-45-42-39-23-20-17-14-11-8-5-2/h8,11,17,20,25-26,53,56,61-64,66-68,70,72-74,76-77H,4-7,9-10,12-16,18-19,21-24,27-52,54-55,57-60H2,1-3H3,(H,71,78)/b11-8+,20-17+,26-25+,56-53+. The minimum Gasteiger partial charge on any atom is -0.454 e. The van der Waals surface area contributed by atoms with Gasteiger partial charge >= 0.3 is 5.97 Å². The molecule has 0 radical (unpaired) electrons. The molecule has 0 aromatic rings. The van der Waals surface area contributed by atoms with E-state index in [0.717, 1.165) is 89.9 Å². The van der Waals surface area contributed by atoms with Crippen LogP contribution in [0.5, 0.6) is 0 Å². The number of carbonyl (C=O) groups is 2. The molecule has 6 N–H and O–H groups in total. The summed E-state index contributed by atoms with van der Waals surface area (Å²) in [5.41, 5.74) is 0. The number of carbonyl (C=O) groups excluding carboxylic acids is 2. The number of aliphatic hydroxyl groups excluding tert-OH is 5. The van der Waals surface area contributed by atoms with Gasteiger partial charge in [0.25, 0.3) is 0 Å². The van der Waals surface area contributed by atoms with Crippen LogP contribution in [0.15, 0.2) is 48.6 Å². The third-order valence-electron chi connectivity index (χ3n) is 16.2. The third kappa shape index (κ3) is 45.6. The Hall–Kier alpha value is -2.38. The largest absolute Gasteiger partial charge is 0.454 e. The molecule has 1 amide bonds. The van der Waals surface area contributed by atoms with E-state index in [2.05, 4.69) is 62.5 Å². The molecule has 0 aromatic carbocycles. The number of hydrogen-bond donors (Lipinski definition) is 6. The zero-order chi connectivity index (χ0) is 58.9. The van der Waals surface area contributed by atoms with Gasteiger partial charge in [-0.05, 0) is 77.0 Å². The molecule has 1 heterocycles. The lowest BCUT2D eigenvalue weighted by atomic mass is 9.99. The van der Waals surface area contributed by atoms with Crippen LogP contribution < -0.4 is 5.32 Å². The predicted molar refractivity (Wildman–Crippen MR) is 338 cm³/mol. The molecule has 11 heteroatoms. The fourth-order valence-corrected chi connectivity index (χ4v) is 10.8. The fourth-order valence-electron chi connectivity index (χ4n) is 10.8. The maximum Gasteiger partial charge on any atom is 0.306 e. The summed E-state index contributed by atoms with van der Waals surface area (Å²) in [6.45, 7) is 5.70. The van der Waals surface area contributed by atoms with Gasteiger partial charge in [-0.25, -0.2) is 0 Å². The maximum atomic E-state index is 13.4. The minimum absolute atomic E-state index is 0.126. The van der Waals surface area contributed by atoms with Crippen LogP contribution in [0.4, 0.5) is 0 Å². The van der Waals surface area contributed by atoms with Crippen LogP contribution in [0, 0.1) is 0 Å². The van der Waals surface area contributed by atoms with Crippen LogP contribution in [0.2, 0.25) is 0 Å². The van der Waals surface area contributed by atoms with Crippen LogP contribution in [0.3, 0.4) is 0 Å². The molecular formula is C70H129NO10. The van der Waals surface area contributed by atoms with Crippen molar-refractivity contribution in [2.75, 3.05) is 13.2 Å². The maximum absolute atomic E-state index is 13.4. The van der Waals surface area contributed by atoms with Crippen LogP contribution in [-0.2, 0) is 23.8 Å². The molecular weight excluding hydrogens is 1010 g/mol. The number of aliphatic hydroxyl groups is 5. The van der Waals surface area contributed by atoms with Gasteiger partial charge in [-0.1, -0.05) is 288 Å². The number of hydrogen-bond acceptors (Lipinski definition) is 10. The van der Waals surface area contributed by atoms with Crippen LogP contribution >= 0.6 is 0 Å². The zero-order valence-electron chi connectivity index (χ0n) is 52.7. The van der Waals surface area contributed by atoms with Crippen molar-refractivity contribution < 1.29 is 49.3 Å². The number of esters is 1. The van der Waals surface area contributed by atoms with Gasteiger partial charge in [-0.15, -0.1) is 0 Å². The highest BCUT2D eigenvalue weighted by Gasteiger charge is 2.47.